The average molecular weight is 275 g/mol. The van der Waals surface area contributed by atoms with Crippen molar-refractivity contribution in [3.05, 3.63) is 35.4 Å². The first kappa shape index (κ1) is 14.5. The van der Waals surface area contributed by atoms with Crippen molar-refractivity contribution >= 4 is 5.97 Å². The fourth-order valence-corrected chi connectivity index (χ4v) is 2.13. The molecule has 0 spiro atoms. The second kappa shape index (κ2) is 5.61. The second-order valence-corrected chi connectivity index (χ2v) is 4.96. The maximum atomic E-state index is 11.4. The smallest absolute Gasteiger partial charge is 0.338 e. The summed E-state index contributed by atoms with van der Waals surface area (Å²) in [5.41, 5.74) is 0.938. The van der Waals surface area contributed by atoms with Crippen LogP contribution >= 0.6 is 0 Å². The average Bonchev–Trinajstić information content (AvgIpc) is 3.27. The van der Waals surface area contributed by atoms with Gasteiger partial charge in [-0.25, -0.2) is 4.79 Å². The lowest BCUT2D eigenvalue weighted by Crippen LogP contribution is -2.29. The van der Waals surface area contributed by atoms with Gasteiger partial charge in [-0.05, 0) is 30.9 Å². The first-order valence-electron chi connectivity index (χ1n) is 6.58. The van der Waals surface area contributed by atoms with Crippen LogP contribution < -0.4 is 0 Å². The highest BCUT2D eigenvalue weighted by atomic mass is 16.5. The summed E-state index contributed by atoms with van der Waals surface area (Å²) in [4.78, 5) is 11.4. The van der Waals surface area contributed by atoms with Crippen LogP contribution in [0.15, 0.2) is 24.3 Å². The highest BCUT2D eigenvalue weighted by molar-refractivity contribution is 5.75. The Hall–Kier alpha value is -1.90. The Bertz CT molecular complexity index is 528. The Kier molecular flexibility index (Phi) is 4.07. The molecule has 2 rings (SSSR count). The third-order valence-corrected chi connectivity index (χ3v) is 3.60. The molecule has 0 saturated heterocycles. The Morgan fingerprint density at radius 2 is 2.00 bits per heavy atom. The molecule has 20 heavy (non-hydrogen) atoms. The number of hydrogen-bond donors (Lipinski definition) is 2. The van der Waals surface area contributed by atoms with E-state index in [0.29, 0.717) is 5.56 Å². The third kappa shape index (κ3) is 2.67. The van der Waals surface area contributed by atoms with Gasteiger partial charge in [-0.1, -0.05) is 24.3 Å². The Balaban J connectivity index is 2.10. The van der Waals surface area contributed by atoms with Crippen molar-refractivity contribution in [3.63, 3.8) is 0 Å². The number of rotatable bonds is 5. The van der Waals surface area contributed by atoms with Gasteiger partial charge in [0.25, 0.3) is 0 Å². The Morgan fingerprint density at radius 3 is 2.45 bits per heavy atom. The van der Waals surface area contributed by atoms with Gasteiger partial charge in [0.1, 0.15) is 6.10 Å². The van der Waals surface area contributed by atoms with E-state index < -0.39 is 18.2 Å². The predicted octanol–water partition coefficient (Wildman–Crippen LogP) is 1.20. The summed E-state index contributed by atoms with van der Waals surface area (Å²) in [6.45, 7) is 1.77. The number of ether oxygens (including phenoxy) is 1. The van der Waals surface area contributed by atoms with Crippen LogP contribution in [-0.4, -0.2) is 28.9 Å². The summed E-state index contributed by atoms with van der Waals surface area (Å²) in [5, 5.41) is 28.7. The molecule has 2 atom stereocenters. The van der Waals surface area contributed by atoms with Gasteiger partial charge < -0.3 is 14.9 Å². The fraction of sp³-hybridized carbons (Fsp3) is 0.467. The molecule has 106 valence electrons. The van der Waals surface area contributed by atoms with Crippen molar-refractivity contribution in [2.45, 2.75) is 37.4 Å². The molecule has 1 aliphatic carbocycles. The van der Waals surface area contributed by atoms with Crippen LogP contribution in [0.5, 0.6) is 0 Å². The SMILES string of the molecule is CCOC(=O)C(O)C(O)c1ccc(C2(C#N)CC2)cc1. The van der Waals surface area contributed by atoms with E-state index in [0.717, 1.165) is 18.4 Å². The molecular weight excluding hydrogens is 258 g/mol. The number of hydrogen-bond acceptors (Lipinski definition) is 5. The number of benzene rings is 1. The summed E-state index contributed by atoms with van der Waals surface area (Å²) in [6.07, 6.45) is -1.25. The molecule has 1 fully saturated rings. The number of nitrogens with zero attached hydrogens (tertiary/aromatic N) is 1. The molecule has 0 bridgehead atoms. The normalized spacial score (nSPS) is 18.7. The van der Waals surface area contributed by atoms with Crippen molar-refractivity contribution in [1.82, 2.24) is 0 Å². The lowest BCUT2D eigenvalue weighted by molar-refractivity contribution is -0.159. The first-order chi connectivity index (χ1) is 9.54. The molecular formula is C15H17NO4. The molecule has 0 radical (unpaired) electrons. The van der Waals surface area contributed by atoms with Gasteiger partial charge >= 0.3 is 5.97 Å². The van der Waals surface area contributed by atoms with Gasteiger partial charge in [-0.3, -0.25) is 0 Å². The molecule has 0 heterocycles. The van der Waals surface area contributed by atoms with Crippen molar-refractivity contribution in [2.24, 2.45) is 0 Å². The minimum Gasteiger partial charge on any atom is -0.464 e. The van der Waals surface area contributed by atoms with Crippen molar-refractivity contribution < 1.29 is 19.7 Å². The van der Waals surface area contributed by atoms with Crippen LogP contribution in [0, 0.1) is 11.3 Å². The molecule has 0 amide bonds. The molecule has 1 aromatic rings. The molecule has 1 aromatic carbocycles. The minimum atomic E-state index is -1.60. The molecule has 5 heteroatoms. The van der Waals surface area contributed by atoms with Crippen LogP contribution in [0.1, 0.15) is 37.0 Å². The van der Waals surface area contributed by atoms with E-state index in [9.17, 15) is 15.0 Å². The Labute approximate surface area is 117 Å². The van der Waals surface area contributed by atoms with E-state index >= 15 is 0 Å². The topological polar surface area (TPSA) is 90.6 Å². The molecule has 0 aromatic heterocycles. The minimum absolute atomic E-state index is 0.145. The van der Waals surface area contributed by atoms with Gasteiger partial charge in [0.15, 0.2) is 6.10 Å². The lowest BCUT2D eigenvalue weighted by atomic mass is 9.94. The summed E-state index contributed by atoms with van der Waals surface area (Å²) in [6, 6.07) is 9.05. The van der Waals surface area contributed by atoms with Crippen LogP contribution in [0.3, 0.4) is 0 Å². The summed E-state index contributed by atoms with van der Waals surface area (Å²) in [5.74, 6) is -0.847. The zero-order valence-corrected chi connectivity index (χ0v) is 11.2. The quantitative estimate of drug-likeness (QED) is 0.788. The first-order valence-corrected chi connectivity index (χ1v) is 6.58. The molecule has 2 N–H and O–H groups in total. The summed E-state index contributed by atoms with van der Waals surface area (Å²) < 4.78 is 4.66. The predicted molar refractivity (Wildman–Crippen MR) is 70.6 cm³/mol. The lowest BCUT2D eigenvalue weighted by Gasteiger charge is -2.17. The van der Waals surface area contributed by atoms with E-state index in [4.69, 9.17) is 5.26 Å². The molecule has 2 unspecified atom stereocenters. The molecule has 1 aliphatic rings. The largest absolute Gasteiger partial charge is 0.464 e. The van der Waals surface area contributed by atoms with Gasteiger partial charge in [0, 0.05) is 0 Å². The van der Waals surface area contributed by atoms with E-state index in [1.54, 1.807) is 31.2 Å². The van der Waals surface area contributed by atoms with E-state index in [2.05, 4.69) is 10.8 Å². The molecule has 1 saturated carbocycles. The number of carbonyl (C=O) groups excluding carboxylic acids is 1. The number of nitriles is 1. The van der Waals surface area contributed by atoms with E-state index in [-0.39, 0.29) is 12.0 Å². The number of aliphatic hydroxyl groups is 2. The fourth-order valence-electron chi connectivity index (χ4n) is 2.13. The standard InChI is InChI=1S/C15H17NO4/c1-2-20-14(19)13(18)12(17)10-3-5-11(6-4-10)15(9-16)7-8-15/h3-6,12-13,17-18H,2,7-8H2,1H3. The van der Waals surface area contributed by atoms with Crippen LogP contribution in [0.4, 0.5) is 0 Å². The number of carbonyl (C=O) groups is 1. The van der Waals surface area contributed by atoms with Gasteiger partial charge in [0.05, 0.1) is 18.1 Å². The van der Waals surface area contributed by atoms with Gasteiger partial charge in [0.2, 0.25) is 0 Å². The second-order valence-electron chi connectivity index (χ2n) is 4.96. The van der Waals surface area contributed by atoms with Crippen LogP contribution in [0.2, 0.25) is 0 Å². The van der Waals surface area contributed by atoms with Gasteiger partial charge in [-0.2, -0.15) is 5.26 Å². The van der Waals surface area contributed by atoms with Crippen molar-refractivity contribution in [3.8, 4) is 6.07 Å². The summed E-state index contributed by atoms with van der Waals surface area (Å²) in [7, 11) is 0. The van der Waals surface area contributed by atoms with Crippen molar-refractivity contribution in [2.75, 3.05) is 6.61 Å². The number of aliphatic hydroxyl groups excluding tert-OH is 2. The third-order valence-electron chi connectivity index (χ3n) is 3.60. The number of esters is 1. The summed E-state index contributed by atoms with van der Waals surface area (Å²) >= 11 is 0. The molecule has 5 nitrogen and oxygen atoms in total. The molecule has 0 aliphatic heterocycles. The van der Waals surface area contributed by atoms with Crippen LogP contribution in [-0.2, 0) is 14.9 Å². The highest BCUT2D eigenvalue weighted by Crippen LogP contribution is 2.47. The Morgan fingerprint density at radius 1 is 1.40 bits per heavy atom. The highest BCUT2D eigenvalue weighted by Gasteiger charge is 2.44. The maximum Gasteiger partial charge on any atom is 0.338 e. The van der Waals surface area contributed by atoms with Crippen molar-refractivity contribution in [1.29, 1.82) is 5.26 Å². The maximum absolute atomic E-state index is 11.4. The van der Waals surface area contributed by atoms with Gasteiger partial charge in [-0.15, -0.1) is 0 Å². The zero-order valence-electron chi connectivity index (χ0n) is 11.2. The van der Waals surface area contributed by atoms with E-state index in [1.165, 1.54) is 0 Å². The van der Waals surface area contributed by atoms with Crippen LogP contribution in [0.25, 0.3) is 0 Å². The van der Waals surface area contributed by atoms with E-state index in [1.807, 2.05) is 0 Å². The zero-order chi connectivity index (χ0) is 14.8. The monoisotopic (exact) mass is 275 g/mol.